The second-order valence-electron chi connectivity index (χ2n) is 4.23. The molecule has 0 heterocycles. The maximum Gasteiger partial charge on any atom is 0.276 e. The number of amides is 2. The number of rotatable bonds is 4. The van der Waals surface area contributed by atoms with Crippen LogP contribution in [0.4, 0.5) is 4.39 Å². The van der Waals surface area contributed by atoms with Gasteiger partial charge in [0.1, 0.15) is 11.6 Å². The molecule has 0 spiro atoms. The summed E-state index contributed by atoms with van der Waals surface area (Å²) in [6.45, 7) is -0.369. The smallest absolute Gasteiger partial charge is 0.276 e. The lowest BCUT2D eigenvalue weighted by atomic mass is 10.2. The summed E-state index contributed by atoms with van der Waals surface area (Å²) in [7, 11) is 0. The van der Waals surface area contributed by atoms with Gasteiger partial charge in [0.15, 0.2) is 6.61 Å². The summed E-state index contributed by atoms with van der Waals surface area (Å²) in [5.74, 6) is -1.40. The molecule has 0 aromatic heterocycles. The van der Waals surface area contributed by atoms with Crippen molar-refractivity contribution in [3.8, 4) is 5.75 Å². The zero-order valence-corrected chi connectivity index (χ0v) is 12.1. The molecule has 0 unspecified atom stereocenters. The number of ether oxygens (including phenoxy) is 1. The molecule has 2 aromatic carbocycles. The molecule has 114 valence electrons. The van der Waals surface area contributed by atoms with Crippen molar-refractivity contribution in [1.29, 1.82) is 0 Å². The van der Waals surface area contributed by atoms with Gasteiger partial charge in [0.25, 0.3) is 11.8 Å². The van der Waals surface area contributed by atoms with Crippen LogP contribution in [0, 0.1) is 5.82 Å². The van der Waals surface area contributed by atoms with Crippen LogP contribution in [-0.2, 0) is 4.79 Å². The highest BCUT2D eigenvalue weighted by Crippen LogP contribution is 2.14. The Morgan fingerprint density at radius 3 is 2.59 bits per heavy atom. The normalized spacial score (nSPS) is 9.91. The predicted molar refractivity (Wildman–Crippen MR) is 79.0 cm³/mol. The third-order valence-corrected chi connectivity index (χ3v) is 2.93. The number of nitrogens with one attached hydrogen (secondary N) is 2. The molecule has 0 aliphatic rings. The van der Waals surface area contributed by atoms with Crippen LogP contribution in [0.3, 0.4) is 0 Å². The molecule has 22 heavy (non-hydrogen) atoms. The lowest BCUT2D eigenvalue weighted by Gasteiger charge is -2.09. The monoisotopic (exact) mass is 322 g/mol. The molecule has 2 aromatic rings. The zero-order valence-electron chi connectivity index (χ0n) is 11.3. The average molecular weight is 323 g/mol. The fraction of sp³-hybridized carbons (Fsp3) is 0.0667. The largest absolute Gasteiger partial charge is 0.484 e. The number of carbonyl (C=O) groups excluding carboxylic acids is 2. The van der Waals surface area contributed by atoms with Crippen LogP contribution in [0.1, 0.15) is 10.4 Å². The van der Waals surface area contributed by atoms with Gasteiger partial charge in [-0.15, -0.1) is 0 Å². The molecule has 7 heteroatoms. The zero-order chi connectivity index (χ0) is 15.9. The van der Waals surface area contributed by atoms with Crippen LogP contribution in [0.25, 0.3) is 0 Å². The number of carbonyl (C=O) groups is 2. The highest BCUT2D eigenvalue weighted by atomic mass is 35.5. The maximum absolute atomic E-state index is 12.9. The Morgan fingerprint density at radius 2 is 1.86 bits per heavy atom. The van der Waals surface area contributed by atoms with Gasteiger partial charge in [-0.25, -0.2) is 4.39 Å². The summed E-state index contributed by atoms with van der Waals surface area (Å²) < 4.78 is 18.0. The third-order valence-electron chi connectivity index (χ3n) is 2.60. The minimum absolute atomic E-state index is 0.215. The second-order valence-corrected chi connectivity index (χ2v) is 4.64. The molecule has 0 bridgehead atoms. The summed E-state index contributed by atoms with van der Waals surface area (Å²) in [4.78, 5) is 23.3. The van der Waals surface area contributed by atoms with E-state index in [4.69, 9.17) is 16.3 Å². The van der Waals surface area contributed by atoms with Gasteiger partial charge < -0.3 is 4.74 Å². The number of hydrogen-bond donors (Lipinski definition) is 2. The fourth-order valence-corrected chi connectivity index (χ4v) is 1.80. The standard InChI is InChI=1S/C15H12ClFN2O3/c16-13-7-2-1-6-12(13)15(21)19-18-14(20)9-22-11-5-3-4-10(17)8-11/h1-8H,9H2,(H,18,20)(H,19,21). The molecule has 5 nitrogen and oxygen atoms in total. The Morgan fingerprint density at radius 1 is 1.09 bits per heavy atom. The van der Waals surface area contributed by atoms with Crippen molar-refractivity contribution in [2.45, 2.75) is 0 Å². The number of halogens is 2. The molecule has 0 saturated heterocycles. The summed E-state index contributed by atoms with van der Waals surface area (Å²) in [6, 6.07) is 11.8. The first-order valence-electron chi connectivity index (χ1n) is 6.28. The van der Waals surface area contributed by atoms with Crippen molar-refractivity contribution in [1.82, 2.24) is 10.9 Å². The molecule has 0 fully saturated rings. The number of hydrogen-bond acceptors (Lipinski definition) is 3. The molecular weight excluding hydrogens is 311 g/mol. The molecule has 0 atom stereocenters. The van der Waals surface area contributed by atoms with E-state index in [9.17, 15) is 14.0 Å². The van der Waals surface area contributed by atoms with E-state index < -0.39 is 17.6 Å². The van der Waals surface area contributed by atoms with Crippen molar-refractivity contribution < 1.29 is 18.7 Å². The molecule has 0 aliphatic heterocycles. The van der Waals surface area contributed by atoms with Crippen LogP contribution in [-0.4, -0.2) is 18.4 Å². The first-order chi connectivity index (χ1) is 10.6. The molecule has 0 saturated carbocycles. The molecule has 0 aliphatic carbocycles. The Balaban J connectivity index is 1.81. The molecule has 0 radical (unpaired) electrons. The van der Waals surface area contributed by atoms with E-state index >= 15 is 0 Å². The SMILES string of the molecule is O=C(COc1cccc(F)c1)NNC(=O)c1ccccc1Cl. The molecule has 2 rings (SSSR count). The van der Waals surface area contributed by atoms with Crippen molar-refractivity contribution in [3.05, 3.63) is 64.9 Å². The molecule has 2 N–H and O–H groups in total. The Bertz CT molecular complexity index is 694. The van der Waals surface area contributed by atoms with Gasteiger partial charge in [-0.05, 0) is 24.3 Å². The third kappa shape index (κ3) is 4.46. The Labute approximate surface area is 131 Å². The van der Waals surface area contributed by atoms with E-state index in [1.165, 1.54) is 24.3 Å². The van der Waals surface area contributed by atoms with Crippen LogP contribution in [0.5, 0.6) is 5.75 Å². The highest BCUT2D eigenvalue weighted by molar-refractivity contribution is 6.33. The van der Waals surface area contributed by atoms with E-state index in [0.29, 0.717) is 0 Å². The van der Waals surface area contributed by atoms with Crippen molar-refractivity contribution >= 4 is 23.4 Å². The van der Waals surface area contributed by atoms with Crippen molar-refractivity contribution in [2.24, 2.45) is 0 Å². The number of hydrazine groups is 1. The summed E-state index contributed by atoms with van der Waals surface area (Å²) in [5.41, 5.74) is 4.62. The van der Waals surface area contributed by atoms with Crippen LogP contribution in [0.15, 0.2) is 48.5 Å². The van der Waals surface area contributed by atoms with E-state index in [-0.39, 0.29) is 22.9 Å². The quantitative estimate of drug-likeness (QED) is 0.849. The van der Waals surface area contributed by atoms with Crippen molar-refractivity contribution in [2.75, 3.05) is 6.61 Å². The average Bonchev–Trinajstić information content (AvgIpc) is 2.51. The topological polar surface area (TPSA) is 67.4 Å². The van der Waals surface area contributed by atoms with Gasteiger partial charge in [0.05, 0.1) is 10.6 Å². The van der Waals surface area contributed by atoms with E-state index in [0.717, 1.165) is 6.07 Å². The van der Waals surface area contributed by atoms with Gasteiger partial charge in [-0.1, -0.05) is 29.8 Å². The summed E-state index contributed by atoms with van der Waals surface area (Å²) >= 11 is 5.86. The summed E-state index contributed by atoms with van der Waals surface area (Å²) in [5, 5.41) is 0.269. The summed E-state index contributed by atoms with van der Waals surface area (Å²) in [6.07, 6.45) is 0. The van der Waals surface area contributed by atoms with Crippen LogP contribution >= 0.6 is 11.6 Å². The lowest BCUT2D eigenvalue weighted by molar-refractivity contribution is -0.123. The fourth-order valence-electron chi connectivity index (χ4n) is 1.58. The Hall–Kier alpha value is -2.60. The Kier molecular flexibility index (Phi) is 5.32. The van der Waals surface area contributed by atoms with Gasteiger partial charge in [0.2, 0.25) is 0 Å². The number of benzene rings is 2. The van der Waals surface area contributed by atoms with Gasteiger partial charge in [-0.2, -0.15) is 0 Å². The van der Waals surface area contributed by atoms with Gasteiger partial charge in [-0.3, -0.25) is 20.4 Å². The predicted octanol–water partition coefficient (Wildman–Crippen LogP) is 2.32. The van der Waals surface area contributed by atoms with Gasteiger partial charge >= 0.3 is 0 Å². The molecule has 2 amide bonds. The minimum atomic E-state index is -0.593. The first-order valence-corrected chi connectivity index (χ1v) is 6.66. The van der Waals surface area contributed by atoms with E-state index in [1.807, 2.05) is 0 Å². The highest BCUT2D eigenvalue weighted by Gasteiger charge is 2.10. The maximum atomic E-state index is 12.9. The van der Waals surface area contributed by atoms with Crippen molar-refractivity contribution in [3.63, 3.8) is 0 Å². The minimum Gasteiger partial charge on any atom is -0.484 e. The van der Waals surface area contributed by atoms with E-state index in [2.05, 4.69) is 10.9 Å². The van der Waals surface area contributed by atoms with Gasteiger partial charge in [0, 0.05) is 6.07 Å². The molecular formula is C15H12ClFN2O3. The van der Waals surface area contributed by atoms with Crippen LogP contribution < -0.4 is 15.6 Å². The lowest BCUT2D eigenvalue weighted by Crippen LogP contribution is -2.43. The van der Waals surface area contributed by atoms with Crippen LogP contribution in [0.2, 0.25) is 5.02 Å². The first kappa shape index (κ1) is 15.8. The second kappa shape index (κ2) is 7.42. The van der Waals surface area contributed by atoms with E-state index in [1.54, 1.807) is 18.2 Å².